The molecule has 21 heavy (non-hydrogen) atoms. The first-order valence-corrected chi connectivity index (χ1v) is 7.49. The maximum Gasteiger partial charge on any atom is 0.314 e. The van der Waals surface area contributed by atoms with E-state index >= 15 is 0 Å². The highest BCUT2D eigenvalue weighted by atomic mass is 35.5. The quantitative estimate of drug-likeness (QED) is 0.526. The van der Waals surface area contributed by atoms with Gasteiger partial charge in [0.15, 0.2) is 0 Å². The van der Waals surface area contributed by atoms with Crippen LogP contribution in [-0.4, -0.2) is 17.1 Å². The Morgan fingerprint density at radius 2 is 2.14 bits per heavy atom. The third-order valence-electron chi connectivity index (χ3n) is 3.04. The lowest BCUT2D eigenvalue weighted by atomic mass is 10.2. The fourth-order valence-electron chi connectivity index (χ4n) is 1.79. The molecule has 1 saturated heterocycles. The number of ether oxygens (including phenoxy) is 1. The molecule has 0 atom stereocenters. The summed E-state index contributed by atoms with van der Waals surface area (Å²) in [4.78, 5) is 34.6. The Morgan fingerprint density at radius 1 is 1.38 bits per heavy atom. The van der Waals surface area contributed by atoms with E-state index in [1.807, 2.05) is 0 Å². The molecule has 2 fully saturated rings. The molecular weight excluding hydrogens is 314 g/mol. The Bertz CT molecular complexity index is 682. The second-order valence-corrected chi connectivity index (χ2v) is 6.10. The van der Waals surface area contributed by atoms with Crippen LogP contribution in [0.5, 0.6) is 5.75 Å². The monoisotopic (exact) mass is 323 g/mol. The van der Waals surface area contributed by atoms with Crippen LogP contribution >= 0.6 is 23.4 Å². The van der Waals surface area contributed by atoms with Crippen molar-refractivity contribution in [3.05, 3.63) is 33.7 Å². The van der Waals surface area contributed by atoms with Crippen molar-refractivity contribution in [3.63, 3.8) is 0 Å². The molecule has 1 aromatic carbocycles. The summed E-state index contributed by atoms with van der Waals surface area (Å²) in [5.74, 6) is -0.513. The number of thioether (sulfide) groups is 1. The smallest absolute Gasteiger partial charge is 0.314 e. The second kappa shape index (κ2) is 5.54. The number of carbonyl (C=O) groups excluding carboxylic acids is 3. The van der Waals surface area contributed by atoms with E-state index in [0.29, 0.717) is 5.56 Å². The van der Waals surface area contributed by atoms with Crippen LogP contribution in [0.15, 0.2) is 23.1 Å². The predicted octanol–water partition coefficient (Wildman–Crippen LogP) is 2.98. The lowest BCUT2D eigenvalue weighted by Crippen LogP contribution is -2.17. The molecule has 108 valence electrons. The third-order valence-corrected chi connectivity index (χ3v) is 4.26. The summed E-state index contributed by atoms with van der Waals surface area (Å²) in [6, 6.07) is 4.95. The van der Waals surface area contributed by atoms with Gasteiger partial charge in [-0.3, -0.25) is 19.7 Å². The van der Waals surface area contributed by atoms with E-state index in [4.69, 9.17) is 16.3 Å². The molecule has 2 aliphatic rings. The Kier molecular flexibility index (Phi) is 3.73. The normalized spacial score (nSPS) is 19.8. The Balaban J connectivity index is 1.86. The fraction of sp³-hybridized carbons (Fsp3) is 0.214. The van der Waals surface area contributed by atoms with Gasteiger partial charge >= 0.3 is 5.97 Å². The number of hydrogen-bond acceptors (Lipinski definition) is 5. The Labute approximate surface area is 129 Å². The average Bonchev–Trinajstić information content (AvgIpc) is 3.22. The molecule has 7 heteroatoms. The third kappa shape index (κ3) is 3.11. The molecule has 2 amide bonds. The summed E-state index contributed by atoms with van der Waals surface area (Å²) in [5.41, 5.74) is 0.519. The van der Waals surface area contributed by atoms with Gasteiger partial charge in [0.1, 0.15) is 5.75 Å². The van der Waals surface area contributed by atoms with Crippen LogP contribution < -0.4 is 10.1 Å². The minimum absolute atomic E-state index is 0.0307. The number of amides is 2. The first-order valence-electron chi connectivity index (χ1n) is 6.29. The first-order chi connectivity index (χ1) is 10.0. The van der Waals surface area contributed by atoms with Gasteiger partial charge in [0, 0.05) is 0 Å². The average molecular weight is 324 g/mol. The van der Waals surface area contributed by atoms with E-state index in [1.54, 1.807) is 18.2 Å². The van der Waals surface area contributed by atoms with Gasteiger partial charge in [-0.15, -0.1) is 0 Å². The molecular formula is C14H10ClNO4S. The highest BCUT2D eigenvalue weighted by Crippen LogP contribution is 2.35. The summed E-state index contributed by atoms with van der Waals surface area (Å²) in [6.07, 6.45) is 3.19. The minimum Gasteiger partial charge on any atom is -0.425 e. The second-order valence-electron chi connectivity index (χ2n) is 4.71. The maximum atomic E-state index is 11.7. The van der Waals surface area contributed by atoms with Crippen LogP contribution in [0.1, 0.15) is 18.4 Å². The molecule has 1 aromatic rings. The predicted molar refractivity (Wildman–Crippen MR) is 78.9 cm³/mol. The van der Waals surface area contributed by atoms with Crippen molar-refractivity contribution < 1.29 is 19.1 Å². The number of esters is 1. The molecule has 1 N–H and O–H groups in total. The molecule has 3 rings (SSSR count). The SMILES string of the molecule is O=C1NC(=O)C(=Cc2cccc(OC(=O)C3CC3)c2Cl)S1. The molecule has 1 saturated carbocycles. The number of imide groups is 1. The van der Waals surface area contributed by atoms with E-state index in [9.17, 15) is 14.4 Å². The van der Waals surface area contributed by atoms with Crippen LogP contribution in [0.3, 0.4) is 0 Å². The van der Waals surface area contributed by atoms with Crippen molar-refractivity contribution >= 4 is 46.6 Å². The van der Waals surface area contributed by atoms with Gasteiger partial charge in [-0.25, -0.2) is 0 Å². The van der Waals surface area contributed by atoms with Gasteiger partial charge in [0.05, 0.1) is 15.8 Å². The molecule has 1 aliphatic carbocycles. The van der Waals surface area contributed by atoms with Crippen LogP contribution in [0.2, 0.25) is 5.02 Å². The summed E-state index contributed by atoms with van der Waals surface area (Å²) in [5, 5.41) is 1.99. The molecule has 1 heterocycles. The van der Waals surface area contributed by atoms with E-state index < -0.39 is 11.1 Å². The minimum atomic E-state index is -0.457. The zero-order chi connectivity index (χ0) is 15.0. The highest BCUT2D eigenvalue weighted by molar-refractivity contribution is 8.18. The molecule has 0 spiro atoms. The highest BCUT2D eigenvalue weighted by Gasteiger charge is 2.32. The van der Waals surface area contributed by atoms with Crippen LogP contribution in [0.4, 0.5) is 4.79 Å². The van der Waals surface area contributed by atoms with Gasteiger partial charge in [0.2, 0.25) is 0 Å². The zero-order valence-electron chi connectivity index (χ0n) is 10.7. The van der Waals surface area contributed by atoms with Gasteiger partial charge in [-0.2, -0.15) is 0 Å². The van der Waals surface area contributed by atoms with Gasteiger partial charge < -0.3 is 4.74 Å². The van der Waals surface area contributed by atoms with Crippen LogP contribution in [0, 0.1) is 5.92 Å². The van der Waals surface area contributed by atoms with Crippen molar-refractivity contribution in [3.8, 4) is 5.75 Å². The number of nitrogens with one attached hydrogen (secondary N) is 1. The van der Waals surface area contributed by atoms with Crippen molar-refractivity contribution in [2.24, 2.45) is 5.92 Å². The summed E-state index contributed by atoms with van der Waals surface area (Å²) in [7, 11) is 0. The number of rotatable bonds is 3. The van der Waals surface area contributed by atoms with E-state index in [-0.39, 0.29) is 27.6 Å². The van der Waals surface area contributed by atoms with Crippen molar-refractivity contribution in [1.29, 1.82) is 0 Å². The van der Waals surface area contributed by atoms with Crippen LogP contribution in [0.25, 0.3) is 6.08 Å². The Hall–Kier alpha value is -1.79. The Morgan fingerprint density at radius 3 is 2.76 bits per heavy atom. The lowest BCUT2D eigenvalue weighted by Gasteiger charge is -2.07. The van der Waals surface area contributed by atoms with Gasteiger partial charge in [0.25, 0.3) is 11.1 Å². The summed E-state index contributed by atoms with van der Waals surface area (Å²) in [6.45, 7) is 0. The zero-order valence-corrected chi connectivity index (χ0v) is 12.3. The van der Waals surface area contributed by atoms with E-state index in [2.05, 4.69) is 5.32 Å². The molecule has 0 unspecified atom stereocenters. The number of hydrogen-bond donors (Lipinski definition) is 1. The number of halogens is 1. The van der Waals surface area contributed by atoms with Crippen molar-refractivity contribution in [1.82, 2.24) is 5.32 Å². The number of carbonyl (C=O) groups is 3. The van der Waals surface area contributed by atoms with Crippen molar-refractivity contribution in [2.45, 2.75) is 12.8 Å². The first kappa shape index (κ1) is 14.2. The molecule has 0 radical (unpaired) electrons. The maximum absolute atomic E-state index is 11.7. The van der Waals surface area contributed by atoms with Gasteiger partial charge in [-0.05, 0) is 42.3 Å². The standard InChI is InChI=1S/C14H10ClNO4S/c15-11-8(6-10-12(17)16-14(19)21-10)2-1-3-9(11)20-13(18)7-4-5-7/h1-3,6-7H,4-5H2,(H,16,17,19). The largest absolute Gasteiger partial charge is 0.425 e. The molecule has 5 nitrogen and oxygen atoms in total. The summed E-state index contributed by atoms with van der Waals surface area (Å²) < 4.78 is 5.25. The molecule has 0 bridgehead atoms. The van der Waals surface area contributed by atoms with E-state index in [0.717, 1.165) is 24.6 Å². The topological polar surface area (TPSA) is 72.5 Å². The molecule has 1 aliphatic heterocycles. The fourth-order valence-corrected chi connectivity index (χ4v) is 2.68. The summed E-state index contributed by atoms with van der Waals surface area (Å²) >= 11 is 7.00. The number of benzene rings is 1. The molecule has 0 aromatic heterocycles. The van der Waals surface area contributed by atoms with Crippen LogP contribution in [-0.2, 0) is 9.59 Å². The van der Waals surface area contributed by atoms with Crippen molar-refractivity contribution in [2.75, 3.05) is 0 Å². The van der Waals surface area contributed by atoms with E-state index in [1.165, 1.54) is 6.08 Å². The lowest BCUT2D eigenvalue weighted by molar-refractivity contribution is -0.135. The van der Waals surface area contributed by atoms with Gasteiger partial charge in [-0.1, -0.05) is 23.7 Å².